The quantitative estimate of drug-likeness (QED) is 0.873. The summed E-state index contributed by atoms with van der Waals surface area (Å²) in [5.74, 6) is 0.498. The number of hydrogen-bond acceptors (Lipinski definition) is 3. The summed E-state index contributed by atoms with van der Waals surface area (Å²) in [7, 11) is 0. The van der Waals surface area contributed by atoms with Gasteiger partial charge in [0.25, 0.3) is 5.91 Å². The molecule has 1 aromatic heterocycles. The molecule has 2 N–H and O–H groups in total. The van der Waals surface area contributed by atoms with Gasteiger partial charge in [-0.25, -0.2) is 4.98 Å². The van der Waals surface area contributed by atoms with Gasteiger partial charge >= 0.3 is 0 Å². The molecule has 4 nitrogen and oxygen atoms in total. The molecule has 0 aliphatic rings. The van der Waals surface area contributed by atoms with E-state index in [0.717, 1.165) is 27.8 Å². The first-order valence-electron chi connectivity index (χ1n) is 6.80. The van der Waals surface area contributed by atoms with Gasteiger partial charge in [-0.3, -0.25) is 4.79 Å². The minimum absolute atomic E-state index is 0.205. The third-order valence-electron chi connectivity index (χ3n) is 3.08. The van der Waals surface area contributed by atoms with Gasteiger partial charge in [-0.2, -0.15) is 0 Å². The number of carbonyl (C=O) groups is 1. The second-order valence-electron chi connectivity index (χ2n) is 4.81. The second-order valence-corrected chi connectivity index (χ2v) is 5.72. The number of halogens is 1. The van der Waals surface area contributed by atoms with E-state index in [9.17, 15) is 4.79 Å². The molecule has 0 bridgehead atoms. The predicted octanol–water partition coefficient (Wildman–Crippen LogP) is 4.15. The molecule has 1 heterocycles. The molecule has 0 unspecified atom stereocenters. The number of anilines is 2. The Morgan fingerprint density at radius 3 is 2.52 bits per heavy atom. The van der Waals surface area contributed by atoms with E-state index >= 15 is 0 Å². The van der Waals surface area contributed by atoms with Crippen LogP contribution in [0.4, 0.5) is 11.5 Å². The van der Waals surface area contributed by atoms with Crippen molar-refractivity contribution in [2.75, 3.05) is 17.2 Å². The first-order valence-corrected chi connectivity index (χ1v) is 7.59. The number of aromatic nitrogens is 1. The van der Waals surface area contributed by atoms with Gasteiger partial charge in [0.15, 0.2) is 0 Å². The molecule has 0 aliphatic heterocycles. The lowest BCUT2D eigenvalue weighted by atomic mass is 10.1. The van der Waals surface area contributed by atoms with Crippen LogP contribution >= 0.6 is 15.9 Å². The molecule has 0 saturated heterocycles. The fraction of sp³-hybridized carbons (Fsp3) is 0.250. The van der Waals surface area contributed by atoms with E-state index < -0.39 is 0 Å². The van der Waals surface area contributed by atoms with Crippen molar-refractivity contribution in [3.8, 4) is 0 Å². The Labute approximate surface area is 133 Å². The zero-order chi connectivity index (χ0) is 15.4. The number of aryl methyl sites for hydroxylation is 2. The van der Waals surface area contributed by atoms with Crippen molar-refractivity contribution in [3.63, 3.8) is 0 Å². The summed E-state index contributed by atoms with van der Waals surface area (Å²) in [5, 5.41) is 6.04. The van der Waals surface area contributed by atoms with Gasteiger partial charge in [0.1, 0.15) is 11.5 Å². The van der Waals surface area contributed by atoms with E-state index in [1.54, 1.807) is 6.07 Å². The molecule has 0 fully saturated rings. The minimum atomic E-state index is -0.205. The summed E-state index contributed by atoms with van der Waals surface area (Å²) in [6.45, 7) is 6.69. The van der Waals surface area contributed by atoms with Gasteiger partial charge in [-0.1, -0.05) is 22.0 Å². The Hall–Kier alpha value is -1.88. The normalized spacial score (nSPS) is 10.3. The van der Waals surface area contributed by atoms with Gasteiger partial charge in [0, 0.05) is 16.7 Å². The molecule has 2 rings (SSSR count). The largest absolute Gasteiger partial charge is 0.370 e. The number of pyridine rings is 1. The van der Waals surface area contributed by atoms with Crippen LogP contribution < -0.4 is 10.6 Å². The number of carbonyl (C=O) groups excluding carboxylic acids is 1. The average molecular weight is 348 g/mol. The fourth-order valence-electron chi connectivity index (χ4n) is 2.13. The van der Waals surface area contributed by atoms with Gasteiger partial charge < -0.3 is 10.6 Å². The monoisotopic (exact) mass is 347 g/mol. The summed E-state index contributed by atoms with van der Waals surface area (Å²) in [6, 6.07) is 9.33. The molecule has 21 heavy (non-hydrogen) atoms. The average Bonchev–Trinajstić information content (AvgIpc) is 2.43. The SMILES string of the molecule is CCNc1cccc(C(=O)Nc2c(C)cc(Br)cc2C)n1. The fourth-order valence-corrected chi connectivity index (χ4v) is 2.81. The Kier molecular flexibility index (Phi) is 4.96. The Balaban J connectivity index is 2.24. The van der Waals surface area contributed by atoms with Crippen molar-refractivity contribution in [1.29, 1.82) is 0 Å². The maximum atomic E-state index is 12.3. The van der Waals surface area contributed by atoms with Crippen LogP contribution in [-0.2, 0) is 0 Å². The van der Waals surface area contributed by atoms with Crippen LogP contribution in [0.15, 0.2) is 34.8 Å². The summed E-state index contributed by atoms with van der Waals surface area (Å²) < 4.78 is 1.00. The molecular formula is C16H18BrN3O. The molecule has 110 valence electrons. The molecule has 5 heteroatoms. The van der Waals surface area contributed by atoms with Gasteiger partial charge in [0.2, 0.25) is 0 Å². The molecule has 2 aromatic rings. The van der Waals surface area contributed by atoms with Crippen LogP contribution in [0.5, 0.6) is 0 Å². The smallest absolute Gasteiger partial charge is 0.274 e. The highest BCUT2D eigenvalue weighted by Gasteiger charge is 2.12. The molecule has 0 radical (unpaired) electrons. The number of benzene rings is 1. The van der Waals surface area contributed by atoms with E-state index in [4.69, 9.17) is 0 Å². The van der Waals surface area contributed by atoms with Crippen LogP contribution in [0.1, 0.15) is 28.5 Å². The topological polar surface area (TPSA) is 54.0 Å². The van der Waals surface area contributed by atoms with E-state index in [2.05, 4.69) is 31.5 Å². The van der Waals surface area contributed by atoms with Crippen LogP contribution in [0.2, 0.25) is 0 Å². The lowest BCUT2D eigenvalue weighted by molar-refractivity contribution is 0.102. The standard InChI is InChI=1S/C16H18BrN3O/c1-4-18-14-7-5-6-13(19-14)16(21)20-15-10(2)8-12(17)9-11(15)3/h5-9H,4H2,1-3H3,(H,18,19)(H,20,21). The van der Waals surface area contributed by atoms with Crippen LogP contribution in [-0.4, -0.2) is 17.4 Å². The number of amides is 1. The van der Waals surface area contributed by atoms with E-state index in [1.165, 1.54) is 0 Å². The Bertz CT molecular complexity index is 647. The molecule has 1 aromatic carbocycles. The summed E-state index contributed by atoms with van der Waals surface area (Å²) in [6.07, 6.45) is 0. The maximum absolute atomic E-state index is 12.3. The van der Waals surface area contributed by atoms with Gasteiger partial charge in [-0.15, -0.1) is 0 Å². The lowest BCUT2D eigenvalue weighted by Gasteiger charge is -2.12. The van der Waals surface area contributed by atoms with E-state index in [1.807, 2.05) is 45.0 Å². The van der Waals surface area contributed by atoms with E-state index in [0.29, 0.717) is 11.5 Å². The number of rotatable bonds is 4. The highest BCUT2D eigenvalue weighted by atomic mass is 79.9. The van der Waals surface area contributed by atoms with E-state index in [-0.39, 0.29) is 5.91 Å². The highest BCUT2D eigenvalue weighted by Crippen LogP contribution is 2.25. The van der Waals surface area contributed by atoms with Crippen molar-refractivity contribution in [1.82, 2.24) is 4.98 Å². The minimum Gasteiger partial charge on any atom is -0.370 e. The summed E-state index contributed by atoms with van der Waals surface area (Å²) >= 11 is 3.45. The maximum Gasteiger partial charge on any atom is 0.274 e. The number of nitrogens with one attached hydrogen (secondary N) is 2. The molecular weight excluding hydrogens is 330 g/mol. The second kappa shape index (κ2) is 6.72. The van der Waals surface area contributed by atoms with Crippen molar-refractivity contribution < 1.29 is 4.79 Å². The van der Waals surface area contributed by atoms with Crippen molar-refractivity contribution in [2.24, 2.45) is 0 Å². The highest BCUT2D eigenvalue weighted by molar-refractivity contribution is 9.10. The number of nitrogens with zero attached hydrogens (tertiary/aromatic N) is 1. The lowest BCUT2D eigenvalue weighted by Crippen LogP contribution is -2.16. The first-order chi connectivity index (χ1) is 10.0. The first kappa shape index (κ1) is 15.5. The van der Waals surface area contributed by atoms with Crippen molar-refractivity contribution in [3.05, 3.63) is 51.6 Å². The zero-order valence-electron chi connectivity index (χ0n) is 12.3. The molecule has 0 atom stereocenters. The molecule has 1 amide bonds. The molecule has 0 spiro atoms. The predicted molar refractivity (Wildman–Crippen MR) is 90.0 cm³/mol. The zero-order valence-corrected chi connectivity index (χ0v) is 13.9. The van der Waals surface area contributed by atoms with Crippen LogP contribution in [0.3, 0.4) is 0 Å². The Morgan fingerprint density at radius 2 is 1.90 bits per heavy atom. The van der Waals surface area contributed by atoms with Crippen LogP contribution in [0, 0.1) is 13.8 Å². The van der Waals surface area contributed by atoms with Crippen molar-refractivity contribution >= 4 is 33.3 Å². The summed E-state index contributed by atoms with van der Waals surface area (Å²) in [4.78, 5) is 16.6. The van der Waals surface area contributed by atoms with Crippen LogP contribution in [0.25, 0.3) is 0 Å². The Morgan fingerprint density at radius 1 is 1.24 bits per heavy atom. The van der Waals surface area contributed by atoms with Gasteiger partial charge in [0.05, 0.1) is 0 Å². The molecule has 0 saturated carbocycles. The van der Waals surface area contributed by atoms with Gasteiger partial charge in [-0.05, 0) is 56.2 Å². The third kappa shape index (κ3) is 3.82. The summed E-state index contributed by atoms with van der Waals surface area (Å²) in [5.41, 5.74) is 3.25. The third-order valence-corrected chi connectivity index (χ3v) is 3.53. The van der Waals surface area contributed by atoms with Crippen molar-refractivity contribution in [2.45, 2.75) is 20.8 Å². The molecule has 0 aliphatic carbocycles. The number of hydrogen-bond donors (Lipinski definition) is 2.